The van der Waals surface area contributed by atoms with Crippen molar-refractivity contribution in [3.8, 4) is 0 Å². The van der Waals surface area contributed by atoms with Crippen molar-refractivity contribution in [3.63, 3.8) is 0 Å². The van der Waals surface area contributed by atoms with Gasteiger partial charge in [0.05, 0.1) is 11.4 Å². The average Bonchev–Trinajstić information content (AvgIpc) is 2.77. The Bertz CT molecular complexity index is 466. The second-order valence-corrected chi connectivity index (χ2v) is 5.46. The summed E-state index contributed by atoms with van der Waals surface area (Å²) in [6.45, 7) is 0. The van der Waals surface area contributed by atoms with Gasteiger partial charge in [-0.2, -0.15) is 0 Å². The number of thioether (sulfide) groups is 1. The highest BCUT2D eigenvalue weighted by atomic mass is 79.9. The molecule has 6 heteroatoms. The molecule has 0 saturated carbocycles. The normalized spacial score (nSPS) is 19.4. The maximum absolute atomic E-state index is 12.2. The van der Waals surface area contributed by atoms with Crippen LogP contribution in [-0.4, -0.2) is 39.6 Å². The number of halogens is 1. The highest BCUT2D eigenvalue weighted by Gasteiger charge is 2.35. The Morgan fingerprint density at radius 1 is 1.41 bits per heavy atom. The summed E-state index contributed by atoms with van der Waals surface area (Å²) in [6.07, 6.45) is 0. The van der Waals surface area contributed by atoms with Gasteiger partial charge in [0.15, 0.2) is 0 Å². The molecule has 0 bridgehead atoms. The molecule has 1 aromatic carbocycles. The Morgan fingerprint density at radius 2 is 2.12 bits per heavy atom. The molecule has 1 fully saturated rings. The first-order valence-corrected chi connectivity index (χ1v) is 6.92. The first-order valence-electron chi connectivity index (χ1n) is 4.97. The first kappa shape index (κ1) is 12.4. The number of aliphatic carboxylic acids is 1. The van der Waals surface area contributed by atoms with Crippen LogP contribution in [0.4, 0.5) is 0 Å². The number of carboxylic acids is 1. The molecule has 1 aromatic rings. The van der Waals surface area contributed by atoms with Gasteiger partial charge in [-0.1, -0.05) is 12.1 Å². The molecule has 0 aromatic heterocycles. The Labute approximate surface area is 111 Å². The molecule has 1 N–H and O–H groups in total. The number of nitrogens with zero attached hydrogens (tertiary/aromatic N) is 1. The number of carbonyl (C=O) groups is 2. The summed E-state index contributed by atoms with van der Waals surface area (Å²) in [6, 6.07) is 6.31. The van der Waals surface area contributed by atoms with E-state index >= 15 is 0 Å². The fraction of sp³-hybridized carbons (Fsp3) is 0.273. The summed E-state index contributed by atoms with van der Waals surface area (Å²) in [7, 11) is 0. The van der Waals surface area contributed by atoms with Crippen LogP contribution in [0.3, 0.4) is 0 Å². The number of amides is 1. The van der Waals surface area contributed by atoms with Crippen LogP contribution in [0.25, 0.3) is 0 Å². The van der Waals surface area contributed by atoms with Crippen LogP contribution >= 0.6 is 27.7 Å². The molecule has 1 heterocycles. The average molecular weight is 316 g/mol. The zero-order chi connectivity index (χ0) is 12.4. The van der Waals surface area contributed by atoms with E-state index in [2.05, 4.69) is 15.9 Å². The molecular weight excluding hydrogens is 306 g/mol. The van der Waals surface area contributed by atoms with E-state index in [4.69, 9.17) is 5.11 Å². The van der Waals surface area contributed by atoms with Gasteiger partial charge in [-0.05, 0) is 28.1 Å². The molecule has 1 atom stereocenters. The lowest BCUT2D eigenvalue weighted by Crippen LogP contribution is -2.41. The van der Waals surface area contributed by atoms with Crippen molar-refractivity contribution >= 4 is 39.6 Å². The highest BCUT2D eigenvalue weighted by molar-refractivity contribution is 9.10. The van der Waals surface area contributed by atoms with Crippen LogP contribution in [0.5, 0.6) is 0 Å². The van der Waals surface area contributed by atoms with E-state index in [-0.39, 0.29) is 5.91 Å². The zero-order valence-electron chi connectivity index (χ0n) is 8.80. The van der Waals surface area contributed by atoms with Crippen LogP contribution in [0.2, 0.25) is 0 Å². The molecule has 0 aliphatic carbocycles. The van der Waals surface area contributed by atoms with Crippen LogP contribution in [0.1, 0.15) is 10.4 Å². The third kappa shape index (κ3) is 2.47. The number of carboxylic acid groups (broad SMARTS) is 1. The summed E-state index contributed by atoms with van der Waals surface area (Å²) < 4.78 is 0.686. The first-order chi connectivity index (χ1) is 8.11. The van der Waals surface area contributed by atoms with Crippen molar-refractivity contribution < 1.29 is 14.7 Å². The monoisotopic (exact) mass is 315 g/mol. The highest BCUT2D eigenvalue weighted by Crippen LogP contribution is 2.26. The van der Waals surface area contributed by atoms with Crippen molar-refractivity contribution in [2.75, 3.05) is 11.6 Å². The van der Waals surface area contributed by atoms with Gasteiger partial charge in [0.25, 0.3) is 5.91 Å². The number of hydrogen-bond donors (Lipinski definition) is 1. The molecule has 0 radical (unpaired) electrons. The number of rotatable bonds is 2. The fourth-order valence-corrected chi connectivity index (χ4v) is 3.24. The third-order valence-corrected chi connectivity index (χ3v) is 4.24. The van der Waals surface area contributed by atoms with Gasteiger partial charge in [-0.25, -0.2) is 4.79 Å². The van der Waals surface area contributed by atoms with Crippen LogP contribution in [0.15, 0.2) is 28.7 Å². The molecule has 4 nitrogen and oxygen atoms in total. The SMILES string of the molecule is O=C(O)C1CSCN1C(=O)c1ccccc1Br. The van der Waals surface area contributed by atoms with E-state index in [1.54, 1.807) is 18.2 Å². The van der Waals surface area contributed by atoms with Gasteiger partial charge in [-0.3, -0.25) is 4.79 Å². The minimum atomic E-state index is -0.949. The summed E-state index contributed by atoms with van der Waals surface area (Å²) in [5.74, 6) is -0.312. The maximum Gasteiger partial charge on any atom is 0.327 e. The van der Waals surface area contributed by atoms with Crippen molar-refractivity contribution in [2.24, 2.45) is 0 Å². The van der Waals surface area contributed by atoms with Gasteiger partial charge in [-0.15, -0.1) is 11.8 Å². The molecule has 1 aliphatic heterocycles. The molecule has 1 unspecified atom stereocenters. The third-order valence-electron chi connectivity index (χ3n) is 2.53. The lowest BCUT2D eigenvalue weighted by Gasteiger charge is -2.20. The van der Waals surface area contributed by atoms with Crippen molar-refractivity contribution in [1.82, 2.24) is 4.90 Å². The van der Waals surface area contributed by atoms with E-state index in [1.807, 2.05) is 6.07 Å². The molecule has 17 heavy (non-hydrogen) atoms. The minimum absolute atomic E-state index is 0.241. The molecule has 1 amide bonds. The summed E-state index contributed by atoms with van der Waals surface area (Å²) in [4.78, 5) is 24.6. The Hall–Kier alpha value is -1.01. The van der Waals surface area contributed by atoms with E-state index in [0.717, 1.165) is 0 Å². The smallest absolute Gasteiger partial charge is 0.327 e. The van der Waals surface area contributed by atoms with Gasteiger partial charge >= 0.3 is 5.97 Å². The fourth-order valence-electron chi connectivity index (χ4n) is 1.64. The predicted molar refractivity (Wildman–Crippen MR) is 69.1 cm³/mol. The van der Waals surface area contributed by atoms with E-state index < -0.39 is 12.0 Å². The quantitative estimate of drug-likeness (QED) is 0.907. The van der Waals surface area contributed by atoms with Gasteiger partial charge in [0, 0.05) is 10.2 Å². The second-order valence-electron chi connectivity index (χ2n) is 3.61. The maximum atomic E-state index is 12.2. The molecule has 1 aliphatic rings. The van der Waals surface area contributed by atoms with Gasteiger partial charge in [0.2, 0.25) is 0 Å². The molecule has 1 saturated heterocycles. The van der Waals surface area contributed by atoms with Crippen molar-refractivity contribution in [3.05, 3.63) is 34.3 Å². The Morgan fingerprint density at radius 3 is 2.76 bits per heavy atom. The zero-order valence-corrected chi connectivity index (χ0v) is 11.2. The molecule has 0 spiro atoms. The number of benzene rings is 1. The molecule has 2 rings (SSSR count). The van der Waals surface area contributed by atoms with E-state index in [9.17, 15) is 9.59 Å². The van der Waals surface area contributed by atoms with Gasteiger partial charge < -0.3 is 10.0 Å². The molecular formula is C11H10BrNO3S. The Kier molecular flexibility index (Phi) is 3.73. The topological polar surface area (TPSA) is 57.6 Å². The van der Waals surface area contributed by atoms with Crippen LogP contribution < -0.4 is 0 Å². The number of carbonyl (C=O) groups excluding carboxylic acids is 1. The van der Waals surface area contributed by atoms with Crippen molar-refractivity contribution in [2.45, 2.75) is 6.04 Å². The van der Waals surface area contributed by atoms with Crippen LogP contribution in [-0.2, 0) is 4.79 Å². The largest absolute Gasteiger partial charge is 0.480 e. The van der Waals surface area contributed by atoms with E-state index in [1.165, 1.54) is 16.7 Å². The lowest BCUT2D eigenvalue weighted by atomic mass is 10.2. The lowest BCUT2D eigenvalue weighted by molar-refractivity contribution is -0.140. The van der Waals surface area contributed by atoms with Crippen molar-refractivity contribution in [1.29, 1.82) is 0 Å². The summed E-state index contributed by atoms with van der Waals surface area (Å²) >= 11 is 4.76. The predicted octanol–water partition coefficient (Wildman–Crippen LogP) is 2.05. The second kappa shape index (κ2) is 5.10. The van der Waals surface area contributed by atoms with E-state index in [0.29, 0.717) is 21.7 Å². The summed E-state index contributed by atoms with van der Waals surface area (Å²) in [5.41, 5.74) is 0.501. The Balaban J connectivity index is 2.26. The molecule has 90 valence electrons. The van der Waals surface area contributed by atoms with Gasteiger partial charge in [0.1, 0.15) is 6.04 Å². The summed E-state index contributed by atoms with van der Waals surface area (Å²) in [5, 5.41) is 9.03. The van der Waals surface area contributed by atoms with Crippen LogP contribution in [0, 0.1) is 0 Å². The minimum Gasteiger partial charge on any atom is -0.480 e. The number of hydrogen-bond acceptors (Lipinski definition) is 3. The standard InChI is InChI=1S/C11H10BrNO3S/c12-8-4-2-1-3-7(8)10(14)13-6-17-5-9(13)11(15)16/h1-4,9H,5-6H2,(H,15,16).